The van der Waals surface area contributed by atoms with Gasteiger partial charge in [-0.25, -0.2) is 4.98 Å². The van der Waals surface area contributed by atoms with Crippen molar-refractivity contribution in [3.8, 4) is 0 Å². The normalized spacial score (nSPS) is 10.3. The van der Waals surface area contributed by atoms with Crippen molar-refractivity contribution in [1.82, 2.24) is 4.98 Å². The molecule has 20 heavy (non-hydrogen) atoms. The van der Waals surface area contributed by atoms with Gasteiger partial charge in [-0.3, -0.25) is 0 Å². The molecule has 1 heterocycles. The summed E-state index contributed by atoms with van der Waals surface area (Å²) in [5.41, 5.74) is 3.79. The van der Waals surface area contributed by atoms with E-state index in [0.29, 0.717) is 0 Å². The minimum absolute atomic E-state index is 0.882. The highest BCUT2D eigenvalue weighted by Gasteiger charge is 2.03. The third-order valence-corrected chi connectivity index (χ3v) is 3.24. The number of nitrogens with one attached hydrogen (secondary N) is 1. The van der Waals surface area contributed by atoms with Crippen LogP contribution >= 0.6 is 0 Å². The van der Waals surface area contributed by atoms with Crippen LogP contribution in [0.2, 0.25) is 0 Å². The van der Waals surface area contributed by atoms with Crippen LogP contribution < -0.4 is 10.2 Å². The summed E-state index contributed by atoms with van der Waals surface area (Å²) in [5, 5.41) is 3.33. The zero-order valence-corrected chi connectivity index (χ0v) is 12.6. The predicted octanol–water partition coefficient (Wildman–Crippen LogP) is 3.85. The Morgan fingerprint density at radius 1 is 1.20 bits per heavy atom. The molecule has 0 radical (unpaired) electrons. The topological polar surface area (TPSA) is 28.2 Å². The van der Waals surface area contributed by atoms with Crippen molar-refractivity contribution in [3.63, 3.8) is 0 Å². The molecule has 0 spiro atoms. The van der Waals surface area contributed by atoms with E-state index in [1.165, 1.54) is 16.8 Å². The fourth-order valence-electron chi connectivity index (χ4n) is 2.15. The zero-order chi connectivity index (χ0) is 14.4. The lowest BCUT2D eigenvalue weighted by atomic mass is 10.2. The van der Waals surface area contributed by atoms with E-state index in [-0.39, 0.29) is 0 Å². The van der Waals surface area contributed by atoms with Gasteiger partial charge in [-0.05, 0) is 48.7 Å². The van der Waals surface area contributed by atoms with Gasteiger partial charge in [0.15, 0.2) is 0 Å². The first kappa shape index (κ1) is 14.4. The summed E-state index contributed by atoms with van der Waals surface area (Å²) in [4.78, 5) is 6.60. The Kier molecular flexibility index (Phi) is 4.99. The van der Waals surface area contributed by atoms with E-state index in [9.17, 15) is 0 Å². The standard InChI is InChI=1S/C17H23N3/c1-4-9-18-17-12-15(8-10-19-17)13-20(3)16-7-5-6-14(2)11-16/h5-8,10-12H,4,9,13H2,1-3H3,(H,18,19). The molecule has 3 nitrogen and oxygen atoms in total. The number of nitrogens with zero attached hydrogens (tertiary/aromatic N) is 2. The predicted molar refractivity (Wildman–Crippen MR) is 86.3 cm³/mol. The molecule has 0 atom stereocenters. The van der Waals surface area contributed by atoms with Crippen LogP contribution in [0.25, 0.3) is 0 Å². The van der Waals surface area contributed by atoms with Crippen LogP contribution in [0.5, 0.6) is 0 Å². The Morgan fingerprint density at radius 3 is 2.80 bits per heavy atom. The molecule has 3 heteroatoms. The van der Waals surface area contributed by atoms with Crippen molar-refractivity contribution in [2.24, 2.45) is 0 Å². The Morgan fingerprint density at radius 2 is 2.05 bits per heavy atom. The van der Waals surface area contributed by atoms with Gasteiger partial charge in [0, 0.05) is 32.0 Å². The zero-order valence-electron chi connectivity index (χ0n) is 12.6. The summed E-state index contributed by atoms with van der Waals surface area (Å²) < 4.78 is 0. The fourth-order valence-corrected chi connectivity index (χ4v) is 2.15. The van der Waals surface area contributed by atoms with Crippen molar-refractivity contribution in [1.29, 1.82) is 0 Å². The van der Waals surface area contributed by atoms with Gasteiger partial charge in [-0.1, -0.05) is 19.1 Å². The van der Waals surface area contributed by atoms with Crippen LogP contribution in [0, 0.1) is 6.92 Å². The summed E-state index contributed by atoms with van der Waals surface area (Å²) in [7, 11) is 2.12. The quantitative estimate of drug-likeness (QED) is 0.863. The highest BCUT2D eigenvalue weighted by atomic mass is 15.1. The molecule has 0 bridgehead atoms. The number of benzene rings is 1. The molecule has 1 aromatic carbocycles. The van der Waals surface area contributed by atoms with Crippen LogP contribution in [0.4, 0.5) is 11.5 Å². The number of pyridine rings is 1. The van der Waals surface area contributed by atoms with Gasteiger partial charge in [-0.2, -0.15) is 0 Å². The van der Waals surface area contributed by atoms with Gasteiger partial charge >= 0.3 is 0 Å². The molecule has 0 aliphatic heterocycles. The van der Waals surface area contributed by atoms with E-state index in [0.717, 1.165) is 25.3 Å². The lowest BCUT2D eigenvalue weighted by molar-refractivity contribution is 0.915. The molecule has 0 aliphatic rings. The Hall–Kier alpha value is -2.03. The number of hydrogen-bond acceptors (Lipinski definition) is 3. The molecule has 0 saturated heterocycles. The Balaban J connectivity index is 2.05. The number of hydrogen-bond donors (Lipinski definition) is 1. The second-order valence-electron chi connectivity index (χ2n) is 5.17. The molecule has 1 N–H and O–H groups in total. The molecule has 2 aromatic rings. The van der Waals surface area contributed by atoms with E-state index in [1.54, 1.807) is 0 Å². The largest absolute Gasteiger partial charge is 0.370 e. The molecule has 0 saturated carbocycles. The van der Waals surface area contributed by atoms with Gasteiger partial charge < -0.3 is 10.2 Å². The highest BCUT2D eigenvalue weighted by Crippen LogP contribution is 2.17. The van der Waals surface area contributed by atoms with E-state index >= 15 is 0 Å². The van der Waals surface area contributed by atoms with Crippen LogP contribution in [0.1, 0.15) is 24.5 Å². The molecule has 2 rings (SSSR count). The smallest absolute Gasteiger partial charge is 0.126 e. The maximum atomic E-state index is 4.34. The first-order chi connectivity index (χ1) is 9.69. The number of aromatic nitrogens is 1. The molecular weight excluding hydrogens is 246 g/mol. The molecule has 0 amide bonds. The van der Waals surface area contributed by atoms with Crippen molar-refractivity contribution < 1.29 is 0 Å². The molecule has 0 unspecified atom stereocenters. The van der Waals surface area contributed by atoms with Crippen molar-refractivity contribution >= 4 is 11.5 Å². The van der Waals surface area contributed by atoms with Crippen molar-refractivity contribution in [2.75, 3.05) is 23.8 Å². The Labute approximate surface area is 121 Å². The van der Waals surface area contributed by atoms with Crippen molar-refractivity contribution in [2.45, 2.75) is 26.8 Å². The summed E-state index contributed by atoms with van der Waals surface area (Å²) in [5.74, 6) is 0.960. The van der Waals surface area contributed by atoms with Gasteiger partial charge in [0.25, 0.3) is 0 Å². The first-order valence-corrected chi connectivity index (χ1v) is 7.15. The fraction of sp³-hybridized carbons (Fsp3) is 0.353. The van der Waals surface area contributed by atoms with Crippen LogP contribution in [0.3, 0.4) is 0 Å². The van der Waals surface area contributed by atoms with Gasteiger partial charge in [-0.15, -0.1) is 0 Å². The summed E-state index contributed by atoms with van der Waals surface area (Å²) in [6.45, 7) is 6.12. The van der Waals surface area contributed by atoms with E-state index < -0.39 is 0 Å². The van der Waals surface area contributed by atoms with E-state index in [1.807, 2.05) is 6.20 Å². The maximum absolute atomic E-state index is 4.34. The van der Waals surface area contributed by atoms with Crippen LogP contribution in [-0.2, 0) is 6.54 Å². The Bertz CT molecular complexity index is 551. The third kappa shape index (κ3) is 3.98. The monoisotopic (exact) mass is 269 g/mol. The van der Waals surface area contributed by atoms with Gasteiger partial charge in [0.05, 0.1) is 0 Å². The van der Waals surface area contributed by atoms with Gasteiger partial charge in [0.2, 0.25) is 0 Å². The average Bonchev–Trinajstić information content (AvgIpc) is 2.45. The molecule has 0 fully saturated rings. The lowest BCUT2D eigenvalue weighted by Gasteiger charge is -2.20. The summed E-state index contributed by atoms with van der Waals surface area (Å²) >= 11 is 0. The molecular formula is C17H23N3. The maximum Gasteiger partial charge on any atom is 0.126 e. The summed E-state index contributed by atoms with van der Waals surface area (Å²) in [6, 6.07) is 12.8. The third-order valence-electron chi connectivity index (χ3n) is 3.24. The second kappa shape index (κ2) is 6.94. The SMILES string of the molecule is CCCNc1cc(CN(C)c2cccc(C)c2)ccn1. The molecule has 1 aromatic heterocycles. The molecule has 0 aliphatic carbocycles. The van der Waals surface area contributed by atoms with Crippen LogP contribution in [0.15, 0.2) is 42.6 Å². The highest BCUT2D eigenvalue weighted by molar-refractivity contribution is 5.49. The van der Waals surface area contributed by atoms with Crippen molar-refractivity contribution in [3.05, 3.63) is 53.7 Å². The summed E-state index contributed by atoms with van der Waals surface area (Å²) in [6.07, 6.45) is 2.98. The van der Waals surface area contributed by atoms with Gasteiger partial charge in [0.1, 0.15) is 5.82 Å². The lowest BCUT2D eigenvalue weighted by Crippen LogP contribution is -2.16. The van der Waals surface area contributed by atoms with Crippen LogP contribution in [-0.4, -0.2) is 18.6 Å². The average molecular weight is 269 g/mol. The minimum Gasteiger partial charge on any atom is -0.370 e. The first-order valence-electron chi connectivity index (χ1n) is 7.15. The van der Waals surface area contributed by atoms with E-state index in [4.69, 9.17) is 0 Å². The second-order valence-corrected chi connectivity index (χ2v) is 5.17. The van der Waals surface area contributed by atoms with E-state index in [2.05, 4.69) is 72.5 Å². The minimum atomic E-state index is 0.882. The number of rotatable bonds is 6. The number of aryl methyl sites for hydroxylation is 1. The number of anilines is 2. The molecule has 106 valence electrons.